The Balaban J connectivity index is 1.72. The van der Waals surface area contributed by atoms with Crippen LogP contribution in [0.3, 0.4) is 0 Å². The summed E-state index contributed by atoms with van der Waals surface area (Å²) in [5.41, 5.74) is 0. The van der Waals surface area contributed by atoms with E-state index < -0.39 is 7.26 Å². The summed E-state index contributed by atoms with van der Waals surface area (Å²) in [6.07, 6.45) is 33.7. The molecule has 0 atom stereocenters. The summed E-state index contributed by atoms with van der Waals surface area (Å²) in [6.45, 7) is 2.30. The molecule has 0 amide bonds. The van der Waals surface area contributed by atoms with Gasteiger partial charge < -0.3 is 0 Å². The molecule has 1 aromatic carbocycles. The Morgan fingerprint density at radius 3 is 1.67 bits per heavy atom. The molecule has 0 unspecified atom stereocenters. The van der Waals surface area contributed by atoms with Crippen molar-refractivity contribution in [1.82, 2.24) is 0 Å². The number of rotatable bonds is 13. The zero-order chi connectivity index (χ0) is 20.9. The first-order valence-electron chi connectivity index (χ1n) is 12.6. The molecule has 1 heteroatoms. The molecule has 0 N–H and O–H groups in total. The normalized spacial score (nSPS) is 16.4. The van der Waals surface area contributed by atoms with Gasteiger partial charge in [-0.15, -0.1) is 0 Å². The SMILES string of the molecule is CCCCCCCCCCC[P+](C1=CCCC=C1)(C1=CCCC=C1)c1ccccc1. The molecule has 30 heavy (non-hydrogen) atoms. The summed E-state index contributed by atoms with van der Waals surface area (Å²) >= 11 is 0. The fourth-order valence-electron chi connectivity index (χ4n) is 4.94. The second-order valence-corrected chi connectivity index (χ2v) is 12.5. The topological polar surface area (TPSA) is 0 Å². The maximum Gasteiger partial charge on any atom is 0.111 e. The van der Waals surface area contributed by atoms with Crippen molar-refractivity contribution in [3.05, 3.63) is 77.4 Å². The lowest BCUT2D eigenvalue weighted by atomic mass is 10.1. The van der Waals surface area contributed by atoms with Crippen LogP contribution in [0.5, 0.6) is 0 Å². The van der Waals surface area contributed by atoms with Crippen molar-refractivity contribution in [1.29, 1.82) is 0 Å². The largest absolute Gasteiger partial charge is 0.111 e. The van der Waals surface area contributed by atoms with Crippen LogP contribution in [0.1, 0.15) is 90.4 Å². The van der Waals surface area contributed by atoms with E-state index in [1.54, 1.807) is 15.9 Å². The van der Waals surface area contributed by atoms with Crippen LogP contribution in [0.2, 0.25) is 0 Å². The van der Waals surface area contributed by atoms with Crippen molar-refractivity contribution in [3.8, 4) is 0 Å². The van der Waals surface area contributed by atoms with Crippen molar-refractivity contribution in [2.45, 2.75) is 90.4 Å². The minimum absolute atomic E-state index is 1.20. The van der Waals surface area contributed by atoms with Gasteiger partial charge in [0.1, 0.15) is 23.2 Å². The molecule has 0 heterocycles. The van der Waals surface area contributed by atoms with Crippen LogP contribution in [-0.4, -0.2) is 6.16 Å². The molecule has 0 saturated carbocycles. The molecule has 2 aliphatic rings. The minimum atomic E-state index is -1.52. The Hall–Kier alpha value is -1.39. The third-order valence-electron chi connectivity index (χ3n) is 6.63. The lowest BCUT2D eigenvalue weighted by molar-refractivity contribution is 0.573. The van der Waals surface area contributed by atoms with Gasteiger partial charge in [-0.05, 0) is 75.0 Å². The molecule has 0 saturated heterocycles. The third-order valence-corrected chi connectivity index (χ3v) is 11.2. The van der Waals surface area contributed by atoms with Crippen molar-refractivity contribution >= 4 is 12.6 Å². The predicted octanol–water partition coefficient (Wildman–Crippen LogP) is 9.33. The number of allylic oxidation sites excluding steroid dienone is 8. The lowest BCUT2D eigenvalue weighted by Gasteiger charge is -2.31. The highest BCUT2D eigenvalue weighted by atomic mass is 31.2. The molecule has 0 nitrogen and oxygen atoms in total. The zero-order valence-corrected chi connectivity index (χ0v) is 20.1. The fraction of sp³-hybridized carbons (Fsp3) is 0.517. The van der Waals surface area contributed by atoms with E-state index in [9.17, 15) is 0 Å². The molecule has 0 aliphatic heterocycles. The maximum atomic E-state index is 2.57. The quantitative estimate of drug-likeness (QED) is 0.220. The Morgan fingerprint density at radius 1 is 0.633 bits per heavy atom. The summed E-state index contributed by atoms with van der Waals surface area (Å²) in [5.74, 6) is 0. The van der Waals surface area contributed by atoms with Crippen LogP contribution in [0.15, 0.2) is 77.4 Å². The van der Waals surface area contributed by atoms with E-state index in [-0.39, 0.29) is 0 Å². The molecule has 162 valence electrons. The highest BCUT2D eigenvalue weighted by Crippen LogP contribution is 2.72. The van der Waals surface area contributed by atoms with Gasteiger partial charge in [-0.3, -0.25) is 0 Å². The second-order valence-electron chi connectivity index (χ2n) is 8.91. The number of hydrogen-bond donors (Lipinski definition) is 0. The van der Waals surface area contributed by atoms with Crippen molar-refractivity contribution in [2.75, 3.05) is 6.16 Å². The van der Waals surface area contributed by atoms with Gasteiger partial charge in [0.25, 0.3) is 0 Å². The molecule has 0 radical (unpaired) electrons. The van der Waals surface area contributed by atoms with Crippen molar-refractivity contribution in [3.63, 3.8) is 0 Å². The molecular weight excluding hydrogens is 379 g/mol. The summed E-state index contributed by atoms with van der Waals surface area (Å²) in [5, 5.41) is 4.86. The van der Waals surface area contributed by atoms with Gasteiger partial charge in [0.15, 0.2) is 0 Å². The molecule has 0 bridgehead atoms. The van der Waals surface area contributed by atoms with Gasteiger partial charge in [-0.2, -0.15) is 0 Å². The Bertz CT molecular complexity index is 703. The van der Waals surface area contributed by atoms with E-state index in [1.165, 1.54) is 89.6 Å². The molecule has 1 aromatic rings. The summed E-state index contributed by atoms with van der Waals surface area (Å²) in [4.78, 5) is 0. The second kappa shape index (κ2) is 13.1. The van der Waals surface area contributed by atoms with E-state index in [4.69, 9.17) is 0 Å². The smallest absolute Gasteiger partial charge is 0.0803 e. The summed E-state index contributed by atoms with van der Waals surface area (Å²) in [6, 6.07) is 11.5. The van der Waals surface area contributed by atoms with E-state index in [2.05, 4.69) is 73.7 Å². The van der Waals surface area contributed by atoms with Gasteiger partial charge in [0.2, 0.25) is 0 Å². The Labute approximate surface area is 186 Å². The standard InChI is InChI=1S/C29H42P/c1-2-3-4-5-6-7-8-9-19-26-30(27-20-13-10-14-21-27,28-22-15-11-16-23-28)29-24-17-12-18-25-29/h10,13-15,17,20-25H,2-9,11-12,16,18-19,26H2,1H3/q+1. The summed E-state index contributed by atoms with van der Waals surface area (Å²) < 4.78 is 0. The van der Waals surface area contributed by atoms with E-state index >= 15 is 0 Å². The fourth-order valence-corrected chi connectivity index (χ4v) is 9.59. The molecular formula is C29H42P+. The van der Waals surface area contributed by atoms with Crippen LogP contribution in [0.4, 0.5) is 0 Å². The van der Waals surface area contributed by atoms with Gasteiger partial charge in [-0.25, -0.2) is 0 Å². The third kappa shape index (κ3) is 6.31. The van der Waals surface area contributed by atoms with Crippen LogP contribution in [0, 0.1) is 0 Å². The van der Waals surface area contributed by atoms with Crippen LogP contribution in [-0.2, 0) is 0 Å². The van der Waals surface area contributed by atoms with Gasteiger partial charge in [0, 0.05) is 0 Å². The molecule has 2 aliphatic carbocycles. The first kappa shape index (κ1) is 23.3. The Morgan fingerprint density at radius 2 is 1.17 bits per heavy atom. The predicted molar refractivity (Wildman–Crippen MR) is 138 cm³/mol. The van der Waals surface area contributed by atoms with E-state index in [1.807, 2.05) is 0 Å². The first-order valence-corrected chi connectivity index (χ1v) is 14.5. The first-order chi connectivity index (χ1) is 14.9. The van der Waals surface area contributed by atoms with Crippen LogP contribution < -0.4 is 5.30 Å². The van der Waals surface area contributed by atoms with Crippen molar-refractivity contribution in [2.24, 2.45) is 0 Å². The zero-order valence-electron chi connectivity index (χ0n) is 19.2. The Kier molecular flexibility index (Phi) is 10.2. The number of hydrogen-bond acceptors (Lipinski definition) is 0. The van der Waals surface area contributed by atoms with E-state index in [0.717, 1.165) is 0 Å². The highest BCUT2D eigenvalue weighted by Gasteiger charge is 2.46. The van der Waals surface area contributed by atoms with Crippen molar-refractivity contribution < 1.29 is 0 Å². The average Bonchev–Trinajstić information content (AvgIpc) is 2.82. The number of unbranched alkanes of at least 4 members (excludes halogenated alkanes) is 8. The summed E-state index contributed by atoms with van der Waals surface area (Å²) in [7, 11) is -1.52. The molecule has 0 fully saturated rings. The van der Waals surface area contributed by atoms with Gasteiger partial charge in [0.05, 0.1) is 6.16 Å². The van der Waals surface area contributed by atoms with Gasteiger partial charge >= 0.3 is 0 Å². The lowest BCUT2D eigenvalue weighted by Crippen LogP contribution is -2.18. The average molecular weight is 422 g/mol. The molecule has 3 rings (SSSR count). The number of benzene rings is 1. The monoisotopic (exact) mass is 421 g/mol. The van der Waals surface area contributed by atoms with Crippen LogP contribution >= 0.6 is 7.26 Å². The van der Waals surface area contributed by atoms with Crippen LogP contribution in [0.25, 0.3) is 0 Å². The van der Waals surface area contributed by atoms with E-state index in [0.29, 0.717) is 0 Å². The maximum absolute atomic E-state index is 2.57. The highest BCUT2D eigenvalue weighted by molar-refractivity contribution is 7.90. The molecule has 0 spiro atoms. The minimum Gasteiger partial charge on any atom is -0.0803 e. The van der Waals surface area contributed by atoms with Gasteiger partial charge in [-0.1, -0.05) is 82.2 Å². The molecule has 0 aromatic heterocycles.